The van der Waals surface area contributed by atoms with Gasteiger partial charge in [-0.25, -0.2) is 0 Å². The van der Waals surface area contributed by atoms with Crippen LogP contribution in [-0.4, -0.2) is 17.6 Å². The van der Waals surface area contributed by atoms with Gasteiger partial charge in [-0.15, -0.1) is 11.3 Å². The third-order valence-electron chi connectivity index (χ3n) is 4.09. The minimum absolute atomic E-state index is 0.132. The number of aliphatic hydroxyl groups is 1. The zero-order valence-corrected chi connectivity index (χ0v) is 11.5. The summed E-state index contributed by atoms with van der Waals surface area (Å²) in [6, 6.07) is 1.93. The lowest BCUT2D eigenvalue weighted by Crippen LogP contribution is -2.29. The van der Waals surface area contributed by atoms with Gasteiger partial charge < -0.3 is 10.4 Å². The highest BCUT2D eigenvalue weighted by Gasteiger charge is 2.47. The summed E-state index contributed by atoms with van der Waals surface area (Å²) in [4.78, 5) is 13.1. The van der Waals surface area contributed by atoms with Gasteiger partial charge in [0, 0.05) is 16.4 Å². The van der Waals surface area contributed by atoms with Crippen molar-refractivity contribution in [2.24, 2.45) is 17.8 Å². The number of carbonyl (C=O) groups excluding carboxylic acids is 1. The van der Waals surface area contributed by atoms with E-state index < -0.39 is 0 Å². The topological polar surface area (TPSA) is 49.3 Å². The van der Waals surface area contributed by atoms with Gasteiger partial charge in [-0.3, -0.25) is 4.79 Å². The first-order valence-corrected chi connectivity index (χ1v) is 7.59. The number of rotatable bonds is 3. The van der Waals surface area contributed by atoms with E-state index in [1.165, 1.54) is 6.42 Å². The van der Waals surface area contributed by atoms with Crippen LogP contribution in [0.3, 0.4) is 0 Å². The summed E-state index contributed by atoms with van der Waals surface area (Å²) in [6.07, 6.45) is 3.51. The standard InChI is InChI=1S/C15H17NO2S/c17-4-1-2-10-3-5-19-14(10)9-16-15(18)13-7-11-6-12(11)8-13/h3,5,11-13,17H,4,6-9H2,(H,16,18). The maximum absolute atomic E-state index is 12.0. The monoisotopic (exact) mass is 275 g/mol. The molecule has 1 amide bonds. The molecule has 1 heterocycles. The summed E-state index contributed by atoms with van der Waals surface area (Å²) in [5, 5.41) is 13.7. The Labute approximate surface area is 117 Å². The zero-order valence-electron chi connectivity index (χ0n) is 10.7. The average molecular weight is 275 g/mol. The van der Waals surface area contributed by atoms with Gasteiger partial charge >= 0.3 is 0 Å². The smallest absolute Gasteiger partial charge is 0.223 e. The second kappa shape index (κ2) is 5.36. The maximum Gasteiger partial charge on any atom is 0.223 e. The Morgan fingerprint density at radius 3 is 2.95 bits per heavy atom. The molecule has 1 aromatic heterocycles. The molecule has 2 saturated carbocycles. The number of thiophene rings is 1. The van der Waals surface area contributed by atoms with E-state index in [0.717, 1.165) is 35.1 Å². The van der Waals surface area contributed by atoms with E-state index in [1.54, 1.807) is 11.3 Å². The normalized spacial score (nSPS) is 27.3. The molecular weight excluding hydrogens is 258 g/mol. The highest BCUT2D eigenvalue weighted by molar-refractivity contribution is 7.10. The van der Waals surface area contributed by atoms with Gasteiger partial charge in [-0.1, -0.05) is 11.8 Å². The number of carbonyl (C=O) groups is 1. The molecule has 0 aromatic carbocycles. The predicted molar refractivity (Wildman–Crippen MR) is 74.5 cm³/mol. The zero-order chi connectivity index (χ0) is 13.2. The summed E-state index contributed by atoms with van der Waals surface area (Å²) in [5.74, 6) is 7.66. The molecular formula is C15H17NO2S. The van der Waals surface area contributed by atoms with Crippen LogP contribution in [0.2, 0.25) is 0 Å². The Balaban J connectivity index is 1.54. The van der Waals surface area contributed by atoms with Gasteiger partial charge in [0.25, 0.3) is 0 Å². The number of aliphatic hydroxyl groups excluding tert-OH is 1. The van der Waals surface area contributed by atoms with Gasteiger partial charge in [-0.2, -0.15) is 0 Å². The Morgan fingerprint density at radius 1 is 1.42 bits per heavy atom. The van der Waals surface area contributed by atoms with E-state index in [4.69, 9.17) is 5.11 Å². The van der Waals surface area contributed by atoms with Gasteiger partial charge in [0.15, 0.2) is 0 Å². The average Bonchev–Trinajstić information content (AvgIpc) is 2.86. The first kappa shape index (κ1) is 12.7. The third kappa shape index (κ3) is 2.83. The van der Waals surface area contributed by atoms with Crippen LogP contribution in [0.15, 0.2) is 11.4 Å². The van der Waals surface area contributed by atoms with Crippen molar-refractivity contribution in [3.8, 4) is 11.8 Å². The lowest BCUT2D eigenvalue weighted by molar-refractivity contribution is -0.125. The lowest BCUT2D eigenvalue weighted by Gasteiger charge is -2.11. The molecule has 1 aromatic rings. The van der Waals surface area contributed by atoms with E-state index in [2.05, 4.69) is 17.2 Å². The van der Waals surface area contributed by atoms with Crippen molar-refractivity contribution >= 4 is 17.2 Å². The molecule has 0 aliphatic heterocycles. The predicted octanol–water partition coefficient (Wildman–Crippen LogP) is 1.75. The van der Waals surface area contributed by atoms with Crippen molar-refractivity contribution < 1.29 is 9.90 Å². The quantitative estimate of drug-likeness (QED) is 0.826. The molecule has 2 aliphatic carbocycles. The van der Waals surface area contributed by atoms with Crippen molar-refractivity contribution in [3.05, 3.63) is 21.9 Å². The minimum atomic E-state index is -0.132. The molecule has 3 rings (SSSR count). The van der Waals surface area contributed by atoms with E-state index >= 15 is 0 Å². The molecule has 19 heavy (non-hydrogen) atoms. The summed E-state index contributed by atoms with van der Waals surface area (Å²) in [6.45, 7) is 0.421. The fourth-order valence-electron chi connectivity index (χ4n) is 2.96. The molecule has 2 N–H and O–H groups in total. The first-order chi connectivity index (χ1) is 9.28. The highest BCUT2D eigenvalue weighted by atomic mass is 32.1. The Kier molecular flexibility index (Phi) is 3.58. The molecule has 4 heteroatoms. The summed E-state index contributed by atoms with van der Waals surface area (Å²) in [5.41, 5.74) is 0.911. The maximum atomic E-state index is 12.0. The van der Waals surface area contributed by atoms with Crippen LogP contribution in [0.1, 0.15) is 29.7 Å². The van der Waals surface area contributed by atoms with Crippen molar-refractivity contribution in [1.29, 1.82) is 0 Å². The van der Waals surface area contributed by atoms with Crippen LogP contribution in [0, 0.1) is 29.6 Å². The summed E-state index contributed by atoms with van der Waals surface area (Å²) in [7, 11) is 0. The van der Waals surface area contributed by atoms with E-state index in [9.17, 15) is 4.79 Å². The Morgan fingerprint density at radius 2 is 2.21 bits per heavy atom. The van der Waals surface area contributed by atoms with Gasteiger partial charge in [0.05, 0.1) is 6.54 Å². The molecule has 0 radical (unpaired) electrons. The van der Waals surface area contributed by atoms with Crippen molar-refractivity contribution in [1.82, 2.24) is 5.32 Å². The van der Waals surface area contributed by atoms with Gasteiger partial charge in [0.2, 0.25) is 5.91 Å². The van der Waals surface area contributed by atoms with E-state index in [0.29, 0.717) is 6.54 Å². The second-order valence-electron chi connectivity index (χ2n) is 5.36. The number of nitrogens with one attached hydrogen (secondary N) is 1. The van der Waals surface area contributed by atoms with Crippen LogP contribution < -0.4 is 5.32 Å². The fraction of sp³-hybridized carbons (Fsp3) is 0.533. The summed E-state index contributed by atoms with van der Waals surface area (Å²) < 4.78 is 0. The minimum Gasteiger partial charge on any atom is -0.384 e. The van der Waals surface area contributed by atoms with Crippen LogP contribution >= 0.6 is 11.3 Å². The number of fused-ring (bicyclic) bond motifs is 1. The fourth-order valence-corrected chi connectivity index (χ4v) is 3.73. The molecule has 2 unspecified atom stereocenters. The van der Waals surface area contributed by atoms with Crippen LogP contribution in [-0.2, 0) is 11.3 Å². The van der Waals surface area contributed by atoms with Gasteiger partial charge in [-0.05, 0) is 42.5 Å². The molecule has 2 atom stereocenters. The largest absolute Gasteiger partial charge is 0.384 e. The summed E-state index contributed by atoms with van der Waals surface area (Å²) >= 11 is 1.59. The number of hydrogen-bond acceptors (Lipinski definition) is 3. The van der Waals surface area contributed by atoms with Crippen molar-refractivity contribution in [2.45, 2.75) is 25.8 Å². The number of amides is 1. The SMILES string of the molecule is O=C(NCc1sccc1C#CCO)C1CC2CC2C1. The van der Waals surface area contributed by atoms with Crippen molar-refractivity contribution in [3.63, 3.8) is 0 Å². The van der Waals surface area contributed by atoms with Crippen LogP contribution in [0.4, 0.5) is 0 Å². The molecule has 0 bridgehead atoms. The van der Waals surface area contributed by atoms with E-state index in [-0.39, 0.29) is 18.4 Å². The Bertz CT molecular complexity index is 530. The van der Waals surface area contributed by atoms with E-state index in [1.807, 2.05) is 11.4 Å². The molecule has 3 nitrogen and oxygen atoms in total. The number of hydrogen-bond donors (Lipinski definition) is 2. The first-order valence-electron chi connectivity index (χ1n) is 6.71. The van der Waals surface area contributed by atoms with Crippen LogP contribution in [0.5, 0.6) is 0 Å². The highest BCUT2D eigenvalue weighted by Crippen LogP contribution is 2.54. The Hall–Kier alpha value is -1.31. The third-order valence-corrected chi connectivity index (χ3v) is 5.01. The molecule has 2 fully saturated rings. The lowest BCUT2D eigenvalue weighted by atomic mass is 10.0. The van der Waals surface area contributed by atoms with Crippen LogP contribution in [0.25, 0.3) is 0 Å². The second-order valence-corrected chi connectivity index (χ2v) is 6.36. The van der Waals surface area contributed by atoms with Crippen molar-refractivity contribution in [2.75, 3.05) is 6.61 Å². The van der Waals surface area contributed by atoms with Gasteiger partial charge in [0.1, 0.15) is 6.61 Å². The molecule has 0 spiro atoms. The molecule has 100 valence electrons. The molecule has 0 saturated heterocycles. The molecule has 2 aliphatic rings.